The Labute approximate surface area is 158 Å². The number of hydrogen-bond acceptors (Lipinski definition) is 5. The minimum absolute atomic E-state index is 0.200. The molecular formula is C18H24N2O4S2. The van der Waals surface area contributed by atoms with Crippen LogP contribution in [-0.4, -0.2) is 32.4 Å². The van der Waals surface area contributed by atoms with Crippen LogP contribution in [0, 0.1) is 13.8 Å². The van der Waals surface area contributed by atoms with E-state index in [1.54, 1.807) is 43.0 Å². The van der Waals surface area contributed by atoms with Crippen molar-refractivity contribution in [2.24, 2.45) is 0 Å². The molecule has 0 aliphatic carbocycles. The van der Waals surface area contributed by atoms with Crippen molar-refractivity contribution in [1.82, 2.24) is 10.0 Å². The largest absolute Gasteiger partial charge is 0.467 e. The van der Waals surface area contributed by atoms with Gasteiger partial charge in [0, 0.05) is 0 Å². The summed E-state index contributed by atoms with van der Waals surface area (Å²) in [4.78, 5) is 12.7. The molecule has 1 aromatic heterocycles. The summed E-state index contributed by atoms with van der Waals surface area (Å²) in [7, 11) is -3.80. The van der Waals surface area contributed by atoms with Crippen LogP contribution in [0.4, 0.5) is 0 Å². The lowest BCUT2D eigenvalue weighted by Crippen LogP contribution is -2.46. The number of rotatable bonds is 9. The number of thioether (sulfide) groups is 1. The molecule has 0 fully saturated rings. The molecule has 2 aromatic rings. The van der Waals surface area contributed by atoms with Crippen molar-refractivity contribution in [3.8, 4) is 0 Å². The molecule has 0 aliphatic heterocycles. The third-order valence-electron chi connectivity index (χ3n) is 3.87. The molecule has 0 saturated heterocycles. The Hall–Kier alpha value is -1.77. The highest BCUT2D eigenvalue weighted by Crippen LogP contribution is 2.18. The maximum Gasteiger partial charge on any atom is 0.241 e. The zero-order valence-electron chi connectivity index (χ0n) is 15.1. The number of aryl methyl sites for hydroxylation is 2. The fraction of sp³-hybridized carbons (Fsp3) is 0.389. The maximum absolute atomic E-state index is 12.8. The van der Waals surface area contributed by atoms with Gasteiger partial charge in [0.05, 0.1) is 17.7 Å². The molecule has 1 atom stereocenters. The van der Waals surface area contributed by atoms with Gasteiger partial charge in [-0.25, -0.2) is 8.42 Å². The van der Waals surface area contributed by atoms with Gasteiger partial charge >= 0.3 is 0 Å². The van der Waals surface area contributed by atoms with E-state index in [0.29, 0.717) is 23.5 Å². The molecule has 8 heteroatoms. The van der Waals surface area contributed by atoms with E-state index in [1.807, 2.05) is 19.2 Å². The molecule has 0 spiro atoms. The average molecular weight is 397 g/mol. The highest BCUT2D eigenvalue weighted by Gasteiger charge is 2.26. The van der Waals surface area contributed by atoms with Crippen LogP contribution in [0.15, 0.2) is 45.9 Å². The van der Waals surface area contributed by atoms with Gasteiger partial charge in [-0.05, 0) is 61.6 Å². The molecular weight excluding hydrogens is 372 g/mol. The van der Waals surface area contributed by atoms with E-state index >= 15 is 0 Å². The number of carbonyl (C=O) groups is 1. The summed E-state index contributed by atoms with van der Waals surface area (Å²) in [5, 5.41) is 2.73. The monoisotopic (exact) mass is 396 g/mol. The second-order valence-electron chi connectivity index (χ2n) is 6.02. The average Bonchev–Trinajstić information content (AvgIpc) is 3.12. The van der Waals surface area contributed by atoms with Crippen molar-refractivity contribution in [2.45, 2.75) is 37.8 Å². The van der Waals surface area contributed by atoms with Crippen molar-refractivity contribution in [3.63, 3.8) is 0 Å². The number of benzene rings is 1. The van der Waals surface area contributed by atoms with E-state index in [-0.39, 0.29) is 17.3 Å². The molecule has 0 aliphatic rings. The SMILES string of the molecule is CSCC[C@@H](NS(=O)(=O)c1cc(C)ccc1C)C(=O)NCc1ccco1. The number of furan rings is 1. The summed E-state index contributed by atoms with van der Waals surface area (Å²) in [6.45, 7) is 3.79. The predicted octanol–water partition coefficient (Wildman–Crippen LogP) is 2.61. The Morgan fingerprint density at radius 3 is 2.69 bits per heavy atom. The molecule has 0 saturated carbocycles. The third kappa shape index (κ3) is 5.62. The van der Waals surface area contributed by atoms with E-state index in [9.17, 15) is 13.2 Å². The third-order valence-corrected chi connectivity index (χ3v) is 6.13. The Morgan fingerprint density at radius 2 is 2.04 bits per heavy atom. The molecule has 1 aromatic carbocycles. The van der Waals surface area contributed by atoms with E-state index < -0.39 is 16.1 Å². The van der Waals surface area contributed by atoms with E-state index in [2.05, 4.69) is 10.0 Å². The molecule has 142 valence electrons. The van der Waals surface area contributed by atoms with Gasteiger partial charge in [0.1, 0.15) is 11.8 Å². The first kappa shape index (κ1) is 20.5. The number of hydrogen-bond donors (Lipinski definition) is 2. The summed E-state index contributed by atoms with van der Waals surface area (Å²) in [5.74, 6) is 0.900. The van der Waals surface area contributed by atoms with Gasteiger partial charge in [-0.1, -0.05) is 12.1 Å². The lowest BCUT2D eigenvalue weighted by atomic mass is 10.2. The standard InChI is InChI=1S/C18H24N2O4S2/c1-13-6-7-14(2)17(11-13)26(22,23)20-16(8-10-25-3)18(21)19-12-15-5-4-9-24-15/h4-7,9,11,16,20H,8,10,12H2,1-3H3,(H,19,21)/t16-/m1/s1. The van der Waals surface area contributed by atoms with E-state index in [1.165, 1.54) is 6.26 Å². The molecule has 2 rings (SSSR count). The van der Waals surface area contributed by atoms with Crippen molar-refractivity contribution >= 4 is 27.7 Å². The zero-order valence-corrected chi connectivity index (χ0v) is 16.7. The second kappa shape index (κ2) is 9.25. The highest BCUT2D eigenvalue weighted by molar-refractivity contribution is 7.98. The summed E-state index contributed by atoms with van der Waals surface area (Å²) < 4.78 is 33.3. The first-order valence-corrected chi connectivity index (χ1v) is 11.1. The number of carbonyl (C=O) groups excluding carboxylic acids is 1. The van der Waals surface area contributed by atoms with Gasteiger partial charge in [0.2, 0.25) is 15.9 Å². The highest BCUT2D eigenvalue weighted by atomic mass is 32.2. The van der Waals surface area contributed by atoms with Crippen LogP contribution in [0.5, 0.6) is 0 Å². The van der Waals surface area contributed by atoms with Crippen LogP contribution in [0.3, 0.4) is 0 Å². The molecule has 0 radical (unpaired) electrons. The Bertz CT molecular complexity index is 833. The lowest BCUT2D eigenvalue weighted by molar-refractivity contribution is -0.123. The Balaban J connectivity index is 2.14. The maximum atomic E-state index is 12.8. The number of nitrogens with one attached hydrogen (secondary N) is 2. The van der Waals surface area contributed by atoms with E-state index in [0.717, 1.165) is 5.56 Å². The van der Waals surface area contributed by atoms with Gasteiger partial charge in [-0.3, -0.25) is 4.79 Å². The van der Waals surface area contributed by atoms with Gasteiger partial charge < -0.3 is 9.73 Å². The molecule has 0 bridgehead atoms. The quantitative estimate of drug-likeness (QED) is 0.680. The molecule has 1 heterocycles. The lowest BCUT2D eigenvalue weighted by Gasteiger charge is -2.19. The normalized spacial score (nSPS) is 12.7. The molecule has 6 nitrogen and oxygen atoms in total. The van der Waals surface area contributed by atoms with Gasteiger partial charge in [-0.2, -0.15) is 16.5 Å². The molecule has 0 unspecified atom stereocenters. The number of amides is 1. The van der Waals surface area contributed by atoms with Crippen LogP contribution in [0.1, 0.15) is 23.3 Å². The molecule has 2 N–H and O–H groups in total. The zero-order chi connectivity index (χ0) is 19.2. The van der Waals surface area contributed by atoms with Crippen LogP contribution < -0.4 is 10.0 Å². The summed E-state index contributed by atoms with van der Waals surface area (Å²) in [6, 6.07) is 7.87. The van der Waals surface area contributed by atoms with Crippen molar-refractivity contribution in [3.05, 3.63) is 53.5 Å². The fourth-order valence-electron chi connectivity index (χ4n) is 2.44. The minimum atomic E-state index is -3.80. The first-order chi connectivity index (χ1) is 12.3. The molecule has 1 amide bonds. The smallest absolute Gasteiger partial charge is 0.241 e. The Kier molecular flexibility index (Phi) is 7.31. The van der Waals surface area contributed by atoms with Gasteiger partial charge in [0.25, 0.3) is 0 Å². The summed E-state index contributed by atoms with van der Waals surface area (Å²) in [5.41, 5.74) is 1.49. The van der Waals surface area contributed by atoms with Crippen LogP contribution >= 0.6 is 11.8 Å². The van der Waals surface area contributed by atoms with Gasteiger partial charge in [-0.15, -0.1) is 0 Å². The number of sulfonamides is 1. The summed E-state index contributed by atoms with van der Waals surface area (Å²) >= 11 is 1.56. The minimum Gasteiger partial charge on any atom is -0.467 e. The van der Waals surface area contributed by atoms with Crippen molar-refractivity contribution in [1.29, 1.82) is 0 Å². The van der Waals surface area contributed by atoms with E-state index in [4.69, 9.17) is 4.42 Å². The topological polar surface area (TPSA) is 88.4 Å². The van der Waals surface area contributed by atoms with Crippen molar-refractivity contribution in [2.75, 3.05) is 12.0 Å². The van der Waals surface area contributed by atoms with Crippen LogP contribution in [-0.2, 0) is 21.4 Å². The summed E-state index contributed by atoms with van der Waals surface area (Å²) in [6.07, 6.45) is 3.84. The molecule has 26 heavy (non-hydrogen) atoms. The predicted molar refractivity (Wildman–Crippen MR) is 104 cm³/mol. The fourth-order valence-corrected chi connectivity index (χ4v) is 4.47. The first-order valence-electron chi connectivity index (χ1n) is 8.22. The second-order valence-corrected chi connectivity index (χ2v) is 8.69. The van der Waals surface area contributed by atoms with Gasteiger partial charge in [0.15, 0.2) is 0 Å². The van der Waals surface area contributed by atoms with Crippen LogP contribution in [0.25, 0.3) is 0 Å². The van der Waals surface area contributed by atoms with Crippen LogP contribution in [0.2, 0.25) is 0 Å². The Morgan fingerprint density at radius 1 is 1.27 bits per heavy atom. The van der Waals surface area contributed by atoms with Crippen molar-refractivity contribution < 1.29 is 17.6 Å².